The van der Waals surface area contributed by atoms with Crippen molar-refractivity contribution in [2.45, 2.75) is 12.7 Å². The van der Waals surface area contributed by atoms with Crippen LogP contribution >= 0.6 is 0 Å². The summed E-state index contributed by atoms with van der Waals surface area (Å²) >= 11 is 0. The molecule has 0 atom stereocenters. The molecule has 1 aromatic carbocycles. The molecule has 20 heavy (non-hydrogen) atoms. The molecule has 0 spiro atoms. The van der Waals surface area contributed by atoms with Gasteiger partial charge in [0.05, 0.1) is 23.9 Å². The van der Waals surface area contributed by atoms with Gasteiger partial charge < -0.3 is 14.8 Å². The van der Waals surface area contributed by atoms with Crippen LogP contribution in [0.4, 0.5) is 18.9 Å². The smallest absolute Gasteiger partial charge is 0.417 e. The number of alkyl halides is 3. The summed E-state index contributed by atoms with van der Waals surface area (Å²) in [5.41, 5.74) is -1.80. The number of rotatable bonds is 4. The van der Waals surface area contributed by atoms with Gasteiger partial charge in [-0.15, -0.1) is 0 Å². The number of carboxylic acid groups (broad SMARTS) is 1. The first-order valence-corrected chi connectivity index (χ1v) is 5.58. The molecule has 2 N–H and O–H groups in total. The lowest BCUT2D eigenvalue weighted by Gasteiger charge is -2.13. The second-order valence-electron chi connectivity index (χ2n) is 4.00. The molecule has 0 aliphatic rings. The van der Waals surface area contributed by atoms with Gasteiger partial charge in [-0.2, -0.15) is 13.2 Å². The zero-order valence-corrected chi connectivity index (χ0v) is 10.1. The van der Waals surface area contributed by atoms with Crippen molar-refractivity contribution >= 4 is 11.7 Å². The minimum absolute atomic E-state index is 0.165. The number of furan rings is 1. The quantitative estimate of drug-likeness (QED) is 0.900. The molecule has 7 heteroatoms. The van der Waals surface area contributed by atoms with Crippen molar-refractivity contribution in [1.82, 2.24) is 0 Å². The van der Waals surface area contributed by atoms with E-state index in [0.29, 0.717) is 5.76 Å². The van der Waals surface area contributed by atoms with E-state index in [4.69, 9.17) is 9.52 Å². The molecule has 2 aromatic rings. The monoisotopic (exact) mass is 285 g/mol. The zero-order chi connectivity index (χ0) is 14.8. The van der Waals surface area contributed by atoms with Crippen LogP contribution in [0.25, 0.3) is 0 Å². The molecule has 0 unspecified atom stereocenters. The molecule has 0 aliphatic carbocycles. The first-order chi connectivity index (χ1) is 9.38. The lowest BCUT2D eigenvalue weighted by molar-refractivity contribution is -0.138. The van der Waals surface area contributed by atoms with Gasteiger partial charge in [0.1, 0.15) is 5.76 Å². The summed E-state index contributed by atoms with van der Waals surface area (Å²) in [6.07, 6.45) is -3.28. The van der Waals surface area contributed by atoms with Gasteiger partial charge in [-0.3, -0.25) is 0 Å². The van der Waals surface area contributed by atoms with Gasteiger partial charge in [0, 0.05) is 5.69 Å². The van der Waals surface area contributed by atoms with E-state index < -0.39 is 23.3 Å². The summed E-state index contributed by atoms with van der Waals surface area (Å²) < 4.78 is 43.4. The summed E-state index contributed by atoms with van der Waals surface area (Å²) in [4.78, 5) is 10.8. The van der Waals surface area contributed by atoms with E-state index in [0.717, 1.165) is 12.1 Å². The Bertz CT molecular complexity index is 606. The van der Waals surface area contributed by atoms with Gasteiger partial charge in [-0.25, -0.2) is 4.79 Å². The number of hydrogen-bond acceptors (Lipinski definition) is 3. The predicted octanol–water partition coefficient (Wildman–Crippen LogP) is 3.61. The molecule has 1 heterocycles. The number of nitrogens with one attached hydrogen (secondary N) is 1. The van der Waals surface area contributed by atoms with Gasteiger partial charge in [-0.05, 0) is 30.3 Å². The van der Waals surface area contributed by atoms with E-state index in [1.54, 1.807) is 12.1 Å². The molecule has 1 aromatic heterocycles. The Morgan fingerprint density at radius 2 is 2.05 bits per heavy atom. The molecule has 4 nitrogen and oxygen atoms in total. The van der Waals surface area contributed by atoms with Gasteiger partial charge in [0.25, 0.3) is 0 Å². The molecule has 106 valence electrons. The first-order valence-electron chi connectivity index (χ1n) is 5.58. The topological polar surface area (TPSA) is 62.5 Å². The number of carboxylic acids is 1. The molecule has 0 bridgehead atoms. The highest BCUT2D eigenvalue weighted by molar-refractivity contribution is 5.90. The average Bonchev–Trinajstić information content (AvgIpc) is 2.88. The molecule has 0 amide bonds. The van der Waals surface area contributed by atoms with Crippen LogP contribution < -0.4 is 5.32 Å². The second-order valence-corrected chi connectivity index (χ2v) is 4.00. The van der Waals surface area contributed by atoms with E-state index in [2.05, 4.69) is 5.32 Å². The Hall–Kier alpha value is -2.44. The summed E-state index contributed by atoms with van der Waals surface area (Å²) in [7, 11) is 0. The summed E-state index contributed by atoms with van der Waals surface area (Å²) in [5.74, 6) is -1.06. The maximum absolute atomic E-state index is 12.8. The number of hydrogen-bond donors (Lipinski definition) is 2. The van der Waals surface area contributed by atoms with Crippen LogP contribution in [0.15, 0.2) is 41.0 Å². The highest BCUT2D eigenvalue weighted by Crippen LogP contribution is 2.34. The van der Waals surface area contributed by atoms with E-state index in [9.17, 15) is 18.0 Å². The highest BCUT2D eigenvalue weighted by Gasteiger charge is 2.35. The van der Waals surface area contributed by atoms with Crippen LogP contribution in [-0.4, -0.2) is 11.1 Å². The average molecular weight is 285 g/mol. The summed E-state index contributed by atoms with van der Waals surface area (Å²) in [5, 5.41) is 11.5. The van der Waals surface area contributed by atoms with Crippen molar-refractivity contribution in [3.63, 3.8) is 0 Å². The van der Waals surface area contributed by atoms with Crippen molar-refractivity contribution in [1.29, 1.82) is 0 Å². The van der Waals surface area contributed by atoms with Gasteiger partial charge in [0.15, 0.2) is 0 Å². The number of aromatic carboxylic acids is 1. The fraction of sp³-hybridized carbons (Fsp3) is 0.154. The Kier molecular flexibility index (Phi) is 3.69. The Balaban J connectivity index is 2.25. The summed E-state index contributed by atoms with van der Waals surface area (Å²) in [6.45, 7) is 0.205. The van der Waals surface area contributed by atoms with E-state index >= 15 is 0 Å². The van der Waals surface area contributed by atoms with Crippen molar-refractivity contribution in [3.8, 4) is 0 Å². The standard InChI is InChI=1S/C13H10F3NO3/c14-13(15,16)11-6-8(3-4-10(11)12(18)19)17-7-9-2-1-5-20-9/h1-6,17H,7H2,(H,18,19). The second kappa shape index (κ2) is 5.28. The Morgan fingerprint density at radius 3 is 2.60 bits per heavy atom. The largest absolute Gasteiger partial charge is 0.478 e. The van der Waals surface area contributed by atoms with Crippen LogP contribution in [0.5, 0.6) is 0 Å². The zero-order valence-electron chi connectivity index (χ0n) is 10.1. The molecule has 0 radical (unpaired) electrons. The maximum atomic E-state index is 12.8. The van der Waals surface area contributed by atoms with Crippen LogP contribution in [0, 0.1) is 0 Å². The molecule has 2 rings (SSSR count). The van der Waals surface area contributed by atoms with Crippen molar-refractivity contribution < 1.29 is 27.5 Å². The van der Waals surface area contributed by atoms with Crippen LogP contribution in [-0.2, 0) is 12.7 Å². The van der Waals surface area contributed by atoms with Gasteiger partial charge >= 0.3 is 12.1 Å². The third-order valence-corrected chi connectivity index (χ3v) is 2.60. The van der Waals surface area contributed by atoms with Crippen molar-refractivity contribution in [3.05, 3.63) is 53.5 Å². The lowest BCUT2D eigenvalue weighted by atomic mass is 10.1. The molecule has 0 saturated carbocycles. The number of anilines is 1. The molecule has 0 fully saturated rings. The maximum Gasteiger partial charge on any atom is 0.417 e. The SMILES string of the molecule is O=C(O)c1ccc(NCc2ccco2)cc1C(F)(F)F. The normalized spacial score (nSPS) is 11.3. The number of benzene rings is 1. The van der Waals surface area contributed by atoms with E-state index in [1.165, 1.54) is 12.3 Å². The fourth-order valence-corrected chi connectivity index (χ4v) is 1.68. The van der Waals surface area contributed by atoms with Crippen molar-refractivity contribution in [2.75, 3.05) is 5.32 Å². The highest BCUT2D eigenvalue weighted by atomic mass is 19.4. The summed E-state index contributed by atoms with van der Waals surface area (Å²) in [6, 6.07) is 6.30. The number of halogens is 3. The lowest BCUT2D eigenvalue weighted by Crippen LogP contribution is -2.13. The molecule has 0 aliphatic heterocycles. The Labute approximate surface area is 111 Å². The predicted molar refractivity (Wildman–Crippen MR) is 64.4 cm³/mol. The minimum atomic E-state index is -4.73. The first kappa shape index (κ1) is 14.0. The fourth-order valence-electron chi connectivity index (χ4n) is 1.68. The van der Waals surface area contributed by atoms with Crippen LogP contribution in [0.3, 0.4) is 0 Å². The molecular weight excluding hydrogens is 275 g/mol. The third-order valence-electron chi connectivity index (χ3n) is 2.60. The number of carbonyl (C=O) groups is 1. The van der Waals surface area contributed by atoms with Crippen molar-refractivity contribution in [2.24, 2.45) is 0 Å². The van der Waals surface area contributed by atoms with E-state index in [-0.39, 0.29) is 12.2 Å². The third kappa shape index (κ3) is 3.11. The van der Waals surface area contributed by atoms with Gasteiger partial charge in [0.2, 0.25) is 0 Å². The van der Waals surface area contributed by atoms with Gasteiger partial charge in [-0.1, -0.05) is 0 Å². The molecule has 0 saturated heterocycles. The van der Waals surface area contributed by atoms with Crippen LogP contribution in [0.2, 0.25) is 0 Å². The minimum Gasteiger partial charge on any atom is -0.478 e. The Morgan fingerprint density at radius 1 is 1.30 bits per heavy atom. The van der Waals surface area contributed by atoms with E-state index in [1.807, 2.05) is 0 Å². The molecular formula is C13H10F3NO3. The van der Waals surface area contributed by atoms with Crippen LogP contribution in [0.1, 0.15) is 21.7 Å².